The topological polar surface area (TPSA) is 65.8 Å². The third-order valence-corrected chi connectivity index (χ3v) is 3.13. The molecule has 0 fully saturated rings. The van der Waals surface area contributed by atoms with Crippen molar-refractivity contribution in [1.29, 1.82) is 5.26 Å². The molecule has 4 nitrogen and oxygen atoms in total. The summed E-state index contributed by atoms with van der Waals surface area (Å²) in [5.74, 6) is -0.194. The van der Waals surface area contributed by atoms with Crippen LogP contribution in [0.15, 0.2) is 29.8 Å². The number of aryl methyl sites for hydroxylation is 1. The third kappa shape index (κ3) is 2.49. The second kappa shape index (κ2) is 4.76. The van der Waals surface area contributed by atoms with Crippen molar-refractivity contribution < 1.29 is 4.79 Å². The van der Waals surface area contributed by atoms with Crippen LogP contribution in [-0.2, 0) is 0 Å². The Balaban J connectivity index is 2.19. The van der Waals surface area contributed by atoms with Crippen molar-refractivity contribution in [3.63, 3.8) is 0 Å². The molecule has 2 rings (SSSR count). The lowest BCUT2D eigenvalue weighted by Crippen LogP contribution is -2.11. The van der Waals surface area contributed by atoms with E-state index < -0.39 is 0 Å². The molecule has 1 aromatic carbocycles. The van der Waals surface area contributed by atoms with Gasteiger partial charge in [0.15, 0.2) is 0 Å². The molecule has 1 aromatic heterocycles. The Hall–Kier alpha value is -2.19. The normalized spacial score (nSPS) is 9.65. The highest BCUT2D eigenvalue weighted by molar-refractivity contribution is 7.12. The molecule has 0 atom stereocenters. The smallest absolute Gasteiger partial charge is 0.267 e. The maximum atomic E-state index is 11.9. The fourth-order valence-electron chi connectivity index (χ4n) is 1.37. The van der Waals surface area contributed by atoms with Crippen molar-refractivity contribution in [2.24, 2.45) is 0 Å². The summed E-state index contributed by atoms with van der Waals surface area (Å²) in [6.07, 6.45) is 0. The molecule has 0 saturated heterocycles. The Kier molecular flexibility index (Phi) is 3.17. The monoisotopic (exact) mass is 243 g/mol. The van der Waals surface area contributed by atoms with Crippen molar-refractivity contribution >= 4 is 22.9 Å². The highest BCUT2D eigenvalue weighted by Crippen LogP contribution is 2.16. The molecule has 0 saturated carbocycles. The summed E-state index contributed by atoms with van der Waals surface area (Å²) in [6, 6.07) is 8.82. The van der Waals surface area contributed by atoms with Gasteiger partial charge in [-0.2, -0.15) is 5.26 Å². The molecule has 0 unspecified atom stereocenters. The molecule has 0 aliphatic heterocycles. The number of carbonyl (C=O) groups excluding carboxylic acids is 1. The standard InChI is InChI=1S/C12H9N3OS/c1-8-11(17-7-14-8)12(16)15-10-4-2-3-9(5-10)6-13/h2-5,7H,1H3,(H,15,16). The van der Waals surface area contributed by atoms with Crippen molar-refractivity contribution in [3.05, 3.63) is 45.9 Å². The van der Waals surface area contributed by atoms with Crippen LogP contribution in [-0.4, -0.2) is 10.9 Å². The van der Waals surface area contributed by atoms with Gasteiger partial charge >= 0.3 is 0 Å². The second-order valence-electron chi connectivity index (χ2n) is 3.41. The minimum atomic E-state index is -0.194. The number of carbonyl (C=O) groups is 1. The van der Waals surface area contributed by atoms with E-state index in [9.17, 15) is 4.79 Å². The van der Waals surface area contributed by atoms with Gasteiger partial charge in [0.05, 0.1) is 22.8 Å². The molecule has 0 aliphatic rings. The predicted octanol–water partition coefficient (Wildman–Crippen LogP) is 2.58. The first kappa shape index (κ1) is 11.3. The van der Waals surface area contributed by atoms with Gasteiger partial charge in [-0.1, -0.05) is 6.07 Å². The van der Waals surface area contributed by atoms with Crippen LogP contribution in [0, 0.1) is 18.3 Å². The third-order valence-electron chi connectivity index (χ3n) is 2.20. The summed E-state index contributed by atoms with van der Waals surface area (Å²) in [7, 11) is 0. The Bertz CT molecular complexity index is 598. The Labute approximate surface area is 103 Å². The van der Waals surface area contributed by atoms with E-state index in [-0.39, 0.29) is 5.91 Å². The van der Waals surface area contributed by atoms with Gasteiger partial charge in [0.25, 0.3) is 5.91 Å². The number of nitrogens with one attached hydrogen (secondary N) is 1. The van der Waals surface area contributed by atoms with Crippen LogP contribution in [0.2, 0.25) is 0 Å². The van der Waals surface area contributed by atoms with Crippen LogP contribution in [0.4, 0.5) is 5.69 Å². The Morgan fingerprint density at radius 1 is 1.53 bits per heavy atom. The molecule has 1 heterocycles. The maximum Gasteiger partial charge on any atom is 0.267 e. The van der Waals surface area contributed by atoms with E-state index in [0.717, 1.165) is 0 Å². The quantitative estimate of drug-likeness (QED) is 0.881. The zero-order valence-electron chi connectivity index (χ0n) is 9.10. The van der Waals surface area contributed by atoms with Gasteiger partial charge in [0.2, 0.25) is 0 Å². The van der Waals surface area contributed by atoms with Crippen LogP contribution in [0.1, 0.15) is 20.9 Å². The Morgan fingerprint density at radius 3 is 3.00 bits per heavy atom. The highest BCUT2D eigenvalue weighted by atomic mass is 32.1. The van der Waals surface area contributed by atoms with E-state index in [4.69, 9.17) is 5.26 Å². The van der Waals surface area contributed by atoms with E-state index >= 15 is 0 Å². The van der Waals surface area contributed by atoms with Crippen molar-refractivity contribution in [2.75, 3.05) is 5.32 Å². The maximum absolute atomic E-state index is 11.9. The van der Waals surface area contributed by atoms with Crippen molar-refractivity contribution in [1.82, 2.24) is 4.98 Å². The molecule has 1 amide bonds. The molecule has 0 spiro atoms. The molecule has 0 radical (unpaired) electrons. The van der Waals surface area contributed by atoms with E-state index in [0.29, 0.717) is 21.8 Å². The second-order valence-corrected chi connectivity index (χ2v) is 4.27. The van der Waals surface area contributed by atoms with Gasteiger partial charge in [0.1, 0.15) is 4.88 Å². The average Bonchev–Trinajstić information content (AvgIpc) is 2.76. The lowest BCUT2D eigenvalue weighted by Gasteiger charge is -2.03. The summed E-state index contributed by atoms with van der Waals surface area (Å²) in [4.78, 5) is 16.5. The van der Waals surface area contributed by atoms with Crippen molar-refractivity contribution in [3.8, 4) is 6.07 Å². The van der Waals surface area contributed by atoms with Crippen LogP contribution >= 0.6 is 11.3 Å². The zero-order valence-corrected chi connectivity index (χ0v) is 9.91. The summed E-state index contributed by atoms with van der Waals surface area (Å²) in [5.41, 5.74) is 3.48. The number of rotatable bonds is 2. The number of aromatic nitrogens is 1. The van der Waals surface area contributed by atoms with Crippen LogP contribution in [0.25, 0.3) is 0 Å². The highest BCUT2D eigenvalue weighted by Gasteiger charge is 2.11. The number of hydrogen-bond donors (Lipinski definition) is 1. The van der Waals surface area contributed by atoms with Crippen molar-refractivity contribution in [2.45, 2.75) is 6.92 Å². The van der Waals surface area contributed by atoms with Gasteiger partial charge in [0, 0.05) is 5.69 Å². The Morgan fingerprint density at radius 2 is 2.35 bits per heavy atom. The van der Waals surface area contributed by atoms with E-state index in [1.54, 1.807) is 36.7 Å². The molecule has 84 valence electrons. The van der Waals surface area contributed by atoms with Gasteiger partial charge in [-0.25, -0.2) is 4.98 Å². The molecule has 0 bridgehead atoms. The molecular formula is C12H9N3OS. The summed E-state index contributed by atoms with van der Waals surface area (Å²) in [6.45, 7) is 1.79. The summed E-state index contributed by atoms with van der Waals surface area (Å²) < 4.78 is 0. The molecular weight excluding hydrogens is 234 g/mol. The predicted molar refractivity (Wildman–Crippen MR) is 66.0 cm³/mol. The SMILES string of the molecule is Cc1ncsc1C(=O)Nc1cccc(C#N)c1. The number of nitrogens with zero attached hydrogens (tertiary/aromatic N) is 2. The minimum Gasteiger partial charge on any atom is -0.321 e. The first-order valence-corrected chi connectivity index (χ1v) is 5.80. The molecule has 2 aromatic rings. The number of amides is 1. The summed E-state index contributed by atoms with van der Waals surface area (Å²) in [5, 5.41) is 11.5. The van der Waals surface area contributed by atoms with Gasteiger partial charge in [-0.05, 0) is 25.1 Å². The van der Waals surface area contributed by atoms with Crippen LogP contribution in [0.3, 0.4) is 0 Å². The molecule has 17 heavy (non-hydrogen) atoms. The largest absolute Gasteiger partial charge is 0.321 e. The van der Waals surface area contributed by atoms with Gasteiger partial charge in [-0.15, -0.1) is 11.3 Å². The van der Waals surface area contributed by atoms with E-state index in [2.05, 4.69) is 10.3 Å². The number of thiazole rings is 1. The summed E-state index contributed by atoms with van der Waals surface area (Å²) >= 11 is 1.30. The number of benzene rings is 1. The molecule has 5 heteroatoms. The lowest BCUT2D eigenvalue weighted by molar-refractivity contribution is 0.103. The van der Waals surface area contributed by atoms with Crippen LogP contribution < -0.4 is 5.32 Å². The molecule has 1 N–H and O–H groups in total. The van der Waals surface area contributed by atoms with Gasteiger partial charge in [-0.3, -0.25) is 4.79 Å². The first-order valence-electron chi connectivity index (χ1n) is 4.92. The van der Waals surface area contributed by atoms with E-state index in [1.165, 1.54) is 11.3 Å². The first-order chi connectivity index (χ1) is 8.20. The van der Waals surface area contributed by atoms with E-state index in [1.807, 2.05) is 6.07 Å². The number of hydrogen-bond acceptors (Lipinski definition) is 4. The fourth-order valence-corrected chi connectivity index (χ4v) is 2.07. The van der Waals surface area contributed by atoms with Gasteiger partial charge < -0.3 is 5.32 Å². The van der Waals surface area contributed by atoms with Crippen LogP contribution in [0.5, 0.6) is 0 Å². The number of anilines is 1. The zero-order chi connectivity index (χ0) is 12.3. The lowest BCUT2D eigenvalue weighted by atomic mass is 10.2. The number of nitriles is 1. The average molecular weight is 243 g/mol. The fraction of sp³-hybridized carbons (Fsp3) is 0.0833. The molecule has 0 aliphatic carbocycles. The minimum absolute atomic E-state index is 0.194.